The van der Waals surface area contributed by atoms with Crippen molar-refractivity contribution in [2.75, 3.05) is 29.9 Å². The predicted molar refractivity (Wildman–Crippen MR) is 95.0 cm³/mol. The fraction of sp³-hybridized carbons (Fsp3) is 0.611. The van der Waals surface area contributed by atoms with Gasteiger partial charge in [0.1, 0.15) is 0 Å². The fourth-order valence-electron chi connectivity index (χ4n) is 2.86. The summed E-state index contributed by atoms with van der Waals surface area (Å²) in [4.78, 5) is 14.5. The standard InChI is InChI=1S/C18H29N3O2/c1-14-7-10-21(11-8-14)16-6-4-5-15(13-16)19-17(23)20-18(2,3)9-12-22/h4-6,13-14,22H,7-12H2,1-3H3,(H2,19,20,23). The van der Waals surface area contributed by atoms with Gasteiger partial charge in [-0.1, -0.05) is 13.0 Å². The Morgan fingerprint density at radius 2 is 2.04 bits per heavy atom. The van der Waals surface area contributed by atoms with Crippen LogP contribution in [0.1, 0.15) is 40.0 Å². The maximum Gasteiger partial charge on any atom is 0.319 e. The molecule has 128 valence electrons. The number of urea groups is 1. The molecule has 1 heterocycles. The second kappa shape index (κ2) is 7.68. The summed E-state index contributed by atoms with van der Waals surface area (Å²) in [6, 6.07) is 7.74. The van der Waals surface area contributed by atoms with E-state index in [1.807, 2.05) is 32.0 Å². The first-order chi connectivity index (χ1) is 10.9. The third kappa shape index (κ3) is 5.43. The molecule has 0 spiro atoms. The van der Waals surface area contributed by atoms with Gasteiger partial charge in [0, 0.05) is 36.6 Å². The summed E-state index contributed by atoms with van der Waals surface area (Å²) >= 11 is 0. The Hall–Kier alpha value is -1.75. The van der Waals surface area contributed by atoms with E-state index >= 15 is 0 Å². The van der Waals surface area contributed by atoms with Crippen molar-refractivity contribution in [2.45, 2.75) is 45.6 Å². The first kappa shape index (κ1) is 17.6. The monoisotopic (exact) mass is 319 g/mol. The van der Waals surface area contributed by atoms with Crippen molar-refractivity contribution in [1.82, 2.24) is 5.32 Å². The van der Waals surface area contributed by atoms with Crippen LogP contribution in [-0.2, 0) is 0 Å². The number of amides is 2. The minimum absolute atomic E-state index is 0.0517. The minimum Gasteiger partial charge on any atom is -0.396 e. The molecule has 0 bridgehead atoms. The quantitative estimate of drug-likeness (QED) is 0.781. The van der Waals surface area contributed by atoms with Crippen LogP contribution in [0.25, 0.3) is 0 Å². The minimum atomic E-state index is -0.431. The van der Waals surface area contributed by atoms with E-state index in [-0.39, 0.29) is 12.6 Å². The lowest BCUT2D eigenvalue weighted by Crippen LogP contribution is -2.46. The molecule has 5 nitrogen and oxygen atoms in total. The number of hydrogen-bond acceptors (Lipinski definition) is 3. The second-order valence-electron chi connectivity index (χ2n) is 7.16. The molecule has 1 aliphatic rings. The lowest BCUT2D eigenvalue weighted by Gasteiger charge is -2.32. The van der Waals surface area contributed by atoms with Gasteiger partial charge in [-0.2, -0.15) is 0 Å². The lowest BCUT2D eigenvalue weighted by molar-refractivity contribution is 0.218. The van der Waals surface area contributed by atoms with Gasteiger partial charge in [-0.3, -0.25) is 0 Å². The smallest absolute Gasteiger partial charge is 0.319 e. The number of rotatable bonds is 5. The van der Waals surface area contributed by atoms with E-state index in [4.69, 9.17) is 5.11 Å². The van der Waals surface area contributed by atoms with E-state index in [2.05, 4.69) is 28.5 Å². The number of aliphatic hydroxyl groups excluding tert-OH is 1. The van der Waals surface area contributed by atoms with E-state index in [9.17, 15) is 4.79 Å². The zero-order valence-electron chi connectivity index (χ0n) is 14.4. The third-order valence-electron chi connectivity index (χ3n) is 4.44. The summed E-state index contributed by atoms with van der Waals surface area (Å²) in [6.07, 6.45) is 2.95. The van der Waals surface area contributed by atoms with Gasteiger partial charge in [0.2, 0.25) is 0 Å². The number of piperidine rings is 1. The van der Waals surface area contributed by atoms with Crippen LogP contribution in [0, 0.1) is 5.92 Å². The Kier molecular flexibility index (Phi) is 5.88. The van der Waals surface area contributed by atoms with Crippen LogP contribution in [0.5, 0.6) is 0 Å². The molecule has 1 saturated heterocycles. The van der Waals surface area contributed by atoms with Crippen LogP contribution in [0.4, 0.5) is 16.2 Å². The molecule has 0 aromatic heterocycles. The van der Waals surface area contributed by atoms with Crippen LogP contribution < -0.4 is 15.5 Å². The number of anilines is 2. The average Bonchev–Trinajstić information content (AvgIpc) is 2.47. The molecule has 0 atom stereocenters. The van der Waals surface area contributed by atoms with Gasteiger partial charge in [0.25, 0.3) is 0 Å². The zero-order chi connectivity index (χ0) is 16.9. The van der Waals surface area contributed by atoms with Gasteiger partial charge in [0.05, 0.1) is 0 Å². The van der Waals surface area contributed by atoms with Crippen LogP contribution in [0.2, 0.25) is 0 Å². The van der Waals surface area contributed by atoms with Gasteiger partial charge in [-0.05, 0) is 57.2 Å². The van der Waals surface area contributed by atoms with Crippen LogP contribution in [-0.4, -0.2) is 36.4 Å². The summed E-state index contributed by atoms with van der Waals surface area (Å²) in [7, 11) is 0. The Morgan fingerprint density at radius 1 is 1.35 bits per heavy atom. The Bertz CT molecular complexity index is 523. The molecule has 2 rings (SSSR count). The highest BCUT2D eigenvalue weighted by atomic mass is 16.3. The lowest BCUT2D eigenvalue weighted by atomic mass is 9.99. The highest BCUT2D eigenvalue weighted by Crippen LogP contribution is 2.25. The molecule has 5 heteroatoms. The van der Waals surface area contributed by atoms with Crippen molar-refractivity contribution in [3.05, 3.63) is 24.3 Å². The Balaban J connectivity index is 1.96. The van der Waals surface area contributed by atoms with E-state index in [1.165, 1.54) is 12.8 Å². The van der Waals surface area contributed by atoms with Gasteiger partial charge < -0.3 is 20.6 Å². The third-order valence-corrected chi connectivity index (χ3v) is 4.44. The van der Waals surface area contributed by atoms with E-state index in [1.54, 1.807) is 0 Å². The van der Waals surface area contributed by atoms with Crippen LogP contribution >= 0.6 is 0 Å². The molecule has 0 unspecified atom stereocenters. The highest BCUT2D eigenvalue weighted by molar-refractivity contribution is 5.90. The van der Waals surface area contributed by atoms with Crippen molar-refractivity contribution in [3.63, 3.8) is 0 Å². The van der Waals surface area contributed by atoms with Gasteiger partial charge in [-0.15, -0.1) is 0 Å². The molecular weight excluding hydrogens is 290 g/mol. The number of aliphatic hydroxyl groups is 1. The number of nitrogens with zero attached hydrogens (tertiary/aromatic N) is 1. The van der Waals surface area contributed by atoms with Crippen molar-refractivity contribution in [1.29, 1.82) is 0 Å². The molecule has 0 aliphatic carbocycles. The van der Waals surface area contributed by atoms with Crippen LogP contribution in [0.15, 0.2) is 24.3 Å². The van der Waals surface area contributed by atoms with Crippen molar-refractivity contribution in [2.24, 2.45) is 5.92 Å². The van der Waals surface area contributed by atoms with Crippen molar-refractivity contribution >= 4 is 17.4 Å². The van der Waals surface area contributed by atoms with Crippen molar-refractivity contribution < 1.29 is 9.90 Å². The molecule has 1 aliphatic heterocycles. The summed E-state index contributed by atoms with van der Waals surface area (Å²) in [5.41, 5.74) is 1.52. The number of hydrogen-bond donors (Lipinski definition) is 3. The zero-order valence-corrected chi connectivity index (χ0v) is 14.4. The molecule has 1 fully saturated rings. The molecular formula is C18H29N3O2. The van der Waals surface area contributed by atoms with E-state index in [0.29, 0.717) is 6.42 Å². The highest BCUT2D eigenvalue weighted by Gasteiger charge is 2.20. The topological polar surface area (TPSA) is 64.6 Å². The molecule has 0 saturated carbocycles. The predicted octanol–water partition coefficient (Wildman–Crippen LogP) is 3.21. The average molecular weight is 319 g/mol. The van der Waals surface area contributed by atoms with Gasteiger partial charge in [0.15, 0.2) is 0 Å². The van der Waals surface area contributed by atoms with Crippen LogP contribution in [0.3, 0.4) is 0 Å². The first-order valence-corrected chi connectivity index (χ1v) is 8.45. The summed E-state index contributed by atoms with van der Waals surface area (Å²) in [6.45, 7) is 8.28. The van der Waals surface area contributed by atoms with Gasteiger partial charge in [-0.25, -0.2) is 4.79 Å². The number of carbonyl (C=O) groups excluding carboxylic acids is 1. The van der Waals surface area contributed by atoms with Gasteiger partial charge >= 0.3 is 6.03 Å². The molecule has 23 heavy (non-hydrogen) atoms. The number of carbonyl (C=O) groups is 1. The maximum atomic E-state index is 12.1. The molecule has 3 N–H and O–H groups in total. The molecule has 1 aromatic carbocycles. The number of benzene rings is 1. The summed E-state index contributed by atoms with van der Waals surface area (Å²) in [5, 5.41) is 14.8. The SMILES string of the molecule is CC1CCN(c2cccc(NC(=O)NC(C)(C)CCO)c2)CC1. The summed E-state index contributed by atoms with van der Waals surface area (Å²) < 4.78 is 0. The number of nitrogens with one attached hydrogen (secondary N) is 2. The Morgan fingerprint density at radius 3 is 2.70 bits per heavy atom. The molecule has 1 aromatic rings. The van der Waals surface area contributed by atoms with E-state index < -0.39 is 5.54 Å². The largest absolute Gasteiger partial charge is 0.396 e. The second-order valence-corrected chi connectivity index (χ2v) is 7.16. The first-order valence-electron chi connectivity index (χ1n) is 8.45. The molecule has 2 amide bonds. The van der Waals surface area contributed by atoms with E-state index in [0.717, 1.165) is 30.4 Å². The normalized spacial score (nSPS) is 16.3. The Labute approximate surface area is 139 Å². The fourth-order valence-corrected chi connectivity index (χ4v) is 2.86. The van der Waals surface area contributed by atoms with Crippen molar-refractivity contribution in [3.8, 4) is 0 Å². The summed E-state index contributed by atoms with van der Waals surface area (Å²) in [5.74, 6) is 0.798. The maximum absolute atomic E-state index is 12.1. The molecule has 0 radical (unpaired) electrons.